The molecular formula is C13H19N3O2. The van der Waals surface area contributed by atoms with Gasteiger partial charge in [-0.2, -0.15) is 0 Å². The Labute approximate surface area is 107 Å². The van der Waals surface area contributed by atoms with Crippen LogP contribution in [0.2, 0.25) is 0 Å². The Morgan fingerprint density at radius 3 is 2.72 bits per heavy atom. The quantitative estimate of drug-likeness (QED) is 0.780. The van der Waals surface area contributed by atoms with Crippen LogP contribution in [0, 0.1) is 13.8 Å². The number of β-amino-alcohol motifs (C(OH)–C–C–N with tert-alkyl or cyclic N) is 1. The van der Waals surface area contributed by atoms with E-state index >= 15 is 0 Å². The standard InChI is InChI=1S/C13H19N3O2/c1-8-4-5-10(9(2)15-8)13(18)16(3)11-6-14-7-12(11)17/h4-5,11-12,14,17H,6-7H2,1-3H3/t11-,12-/m0/s1. The van der Waals surface area contributed by atoms with E-state index in [1.165, 1.54) is 0 Å². The molecular weight excluding hydrogens is 230 g/mol. The van der Waals surface area contributed by atoms with Gasteiger partial charge in [0.15, 0.2) is 0 Å². The minimum atomic E-state index is -0.502. The Morgan fingerprint density at radius 1 is 1.44 bits per heavy atom. The highest BCUT2D eigenvalue weighted by atomic mass is 16.3. The minimum absolute atomic E-state index is 0.0900. The highest BCUT2D eigenvalue weighted by Crippen LogP contribution is 2.14. The van der Waals surface area contributed by atoms with E-state index in [1.807, 2.05) is 19.9 Å². The van der Waals surface area contributed by atoms with Crippen molar-refractivity contribution in [1.82, 2.24) is 15.2 Å². The first-order valence-corrected chi connectivity index (χ1v) is 6.11. The van der Waals surface area contributed by atoms with Gasteiger partial charge in [-0.3, -0.25) is 9.78 Å². The maximum atomic E-state index is 12.4. The SMILES string of the molecule is Cc1ccc(C(=O)N(C)[C@H]2CNC[C@@H]2O)c(C)n1. The zero-order chi connectivity index (χ0) is 13.3. The van der Waals surface area contributed by atoms with Gasteiger partial charge in [0, 0.05) is 25.8 Å². The first-order valence-electron chi connectivity index (χ1n) is 6.11. The lowest BCUT2D eigenvalue weighted by atomic mass is 10.1. The summed E-state index contributed by atoms with van der Waals surface area (Å²) >= 11 is 0. The van der Waals surface area contributed by atoms with Gasteiger partial charge in [-0.25, -0.2) is 0 Å². The lowest BCUT2D eigenvalue weighted by molar-refractivity contribution is 0.0580. The summed E-state index contributed by atoms with van der Waals surface area (Å²) in [7, 11) is 1.72. The summed E-state index contributed by atoms with van der Waals surface area (Å²) < 4.78 is 0. The molecule has 0 aliphatic carbocycles. The number of nitrogens with zero attached hydrogens (tertiary/aromatic N) is 2. The van der Waals surface area contributed by atoms with Gasteiger partial charge in [-0.15, -0.1) is 0 Å². The number of likely N-dealkylation sites (N-methyl/N-ethyl adjacent to an activating group) is 1. The molecule has 2 atom stereocenters. The summed E-state index contributed by atoms with van der Waals surface area (Å²) in [5.41, 5.74) is 2.23. The van der Waals surface area contributed by atoms with E-state index in [0.717, 1.165) is 11.4 Å². The molecule has 0 bridgehead atoms. The predicted molar refractivity (Wildman–Crippen MR) is 68.5 cm³/mol. The number of aliphatic hydroxyl groups is 1. The van der Waals surface area contributed by atoms with Crippen LogP contribution in [-0.4, -0.2) is 53.2 Å². The van der Waals surface area contributed by atoms with Crippen LogP contribution in [0.1, 0.15) is 21.7 Å². The second-order valence-electron chi connectivity index (χ2n) is 4.79. The summed E-state index contributed by atoms with van der Waals surface area (Å²) in [6, 6.07) is 3.46. The molecule has 2 heterocycles. The van der Waals surface area contributed by atoms with Gasteiger partial charge < -0.3 is 15.3 Å². The molecule has 5 heteroatoms. The van der Waals surface area contributed by atoms with Crippen LogP contribution in [0.25, 0.3) is 0 Å². The molecule has 1 aromatic heterocycles. The molecule has 5 nitrogen and oxygen atoms in total. The number of nitrogens with one attached hydrogen (secondary N) is 1. The molecule has 1 saturated heterocycles. The van der Waals surface area contributed by atoms with E-state index in [0.29, 0.717) is 18.7 Å². The second kappa shape index (κ2) is 5.04. The lowest BCUT2D eigenvalue weighted by Crippen LogP contribution is -2.44. The fourth-order valence-corrected chi connectivity index (χ4v) is 2.30. The molecule has 0 aromatic carbocycles. The van der Waals surface area contributed by atoms with E-state index < -0.39 is 6.10 Å². The van der Waals surface area contributed by atoms with Gasteiger partial charge in [0.2, 0.25) is 0 Å². The van der Waals surface area contributed by atoms with Gasteiger partial charge >= 0.3 is 0 Å². The molecule has 1 fully saturated rings. The number of amides is 1. The normalized spacial score (nSPS) is 23.1. The summed E-state index contributed by atoms with van der Waals surface area (Å²) in [5, 5.41) is 12.9. The Morgan fingerprint density at radius 2 is 2.17 bits per heavy atom. The van der Waals surface area contributed by atoms with Crippen molar-refractivity contribution in [2.24, 2.45) is 0 Å². The maximum Gasteiger partial charge on any atom is 0.255 e. The summed E-state index contributed by atoms with van der Waals surface area (Å²) in [6.45, 7) is 4.89. The van der Waals surface area contributed by atoms with Crippen LogP contribution < -0.4 is 5.32 Å². The molecule has 2 N–H and O–H groups in total. The van der Waals surface area contributed by atoms with Crippen molar-refractivity contribution in [3.05, 3.63) is 29.1 Å². The van der Waals surface area contributed by atoms with Crippen LogP contribution in [0.3, 0.4) is 0 Å². The van der Waals surface area contributed by atoms with Crippen molar-refractivity contribution in [1.29, 1.82) is 0 Å². The van der Waals surface area contributed by atoms with Crippen molar-refractivity contribution in [2.45, 2.75) is 26.0 Å². The van der Waals surface area contributed by atoms with Gasteiger partial charge in [-0.1, -0.05) is 0 Å². The average molecular weight is 249 g/mol. The van der Waals surface area contributed by atoms with E-state index in [-0.39, 0.29) is 11.9 Å². The topological polar surface area (TPSA) is 65.5 Å². The molecule has 1 aliphatic rings. The molecule has 0 radical (unpaired) electrons. The smallest absolute Gasteiger partial charge is 0.255 e. The van der Waals surface area contributed by atoms with Crippen molar-refractivity contribution in [3.8, 4) is 0 Å². The van der Waals surface area contributed by atoms with Crippen LogP contribution in [0.5, 0.6) is 0 Å². The molecule has 18 heavy (non-hydrogen) atoms. The fourth-order valence-electron chi connectivity index (χ4n) is 2.30. The first kappa shape index (κ1) is 13.0. The van der Waals surface area contributed by atoms with Crippen LogP contribution in [0.15, 0.2) is 12.1 Å². The molecule has 1 aliphatic heterocycles. The molecule has 98 valence electrons. The summed E-state index contributed by atoms with van der Waals surface area (Å²) in [6.07, 6.45) is -0.502. The highest BCUT2D eigenvalue weighted by molar-refractivity contribution is 5.95. The number of rotatable bonds is 2. The van der Waals surface area contributed by atoms with Crippen molar-refractivity contribution in [2.75, 3.05) is 20.1 Å². The summed E-state index contributed by atoms with van der Waals surface area (Å²) in [5.74, 6) is -0.0900. The lowest BCUT2D eigenvalue weighted by Gasteiger charge is -2.26. The van der Waals surface area contributed by atoms with E-state index in [2.05, 4.69) is 10.3 Å². The molecule has 0 saturated carbocycles. The number of carbonyl (C=O) groups is 1. The number of pyridine rings is 1. The zero-order valence-corrected chi connectivity index (χ0v) is 11.0. The first-order chi connectivity index (χ1) is 8.50. The maximum absolute atomic E-state index is 12.4. The Bertz CT molecular complexity index is 462. The Hall–Kier alpha value is -1.46. The minimum Gasteiger partial charge on any atom is -0.390 e. The van der Waals surface area contributed by atoms with Crippen molar-refractivity contribution >= 4 is 5.91 Å². The number of aromatic nitrogens is 1. The number of hydrogen-bond donors (Lipinski definition) is 2. The van der Waals surface area contributed by atoms with Crippen LogP contribution in [0.4, 0.5) is 0 Å². The average Bonchev–Trinajstić information content (AvgIpc) is 2.74. The van der Waals surface area contributed by atoms with Crippen LogP contribution >= 0.6 is 0 Å². The third-order valence-electron chi connectivity index (χ3n) is 3.42. The molecule has 0 unspecified atom stereocenters. The zero-order valence-electron chi connectivity index (χ0n) is 11.0. The van der Waals surface area contributed by atoms with E-state index in [1.54, 1.807) is 18.0 Å². The predicted octanol–water partition coefficient (Wildman–Crippen LogP) is 0.103. The van der Waals surface area contributed by atoms with Crippen LogP contribution in [-0.2, 0) is 0 Å². The molecule has 1 aromatic rings. The van der Waals surface area contributed by atoms with Gasteiger partial charge in [0.1, 0.15) is 0 Å². The van der Waals surface area contributed by atoms with Gasteiger partial charge in [0.25, 0.3) is 5.91 Å². The fraction of sp³-hybridized carbons (Fsp3) is 0.538. The number of hydrogen-bond acceptors (Lipinski definition) is 4. The largest absolute Gasteiger partial charge is 0.390 e. The number of aliphatic hydroxyl groups excluding tert-OH is 1. The third kappa shape index (κ3) is 2.37. The number of aryl methyl sites for hydroxylation is 2. The van der Waals surface area contributed by atoms with Gasteiger partial charge in [-0.05, 0) is 26.0 Å². The number of carbonyl (C=O) groups excluding carboxylic acids is 1. The molecule has 0 spiro atoms. The summed E-state index contributed by atoms with van der Waals surface area (Å²) in [4.78, 5) is 18.3. The Kier molecular flexibility index (Phi) is 3.63. The molecule has 2 rings (SSSR count). The third-order valence-corrected chi connectivity index (χ3v) is 3.42. The molecule has 1 amide bonds. The van der Waals surface area contributed by atoms with Crippen molar-refractivity contribution < 1.29 is 9.90 Å². The van der Waals surface area contributed by atoms with Crippen molar-refractivity contribution in [3.63, 3.8) is 0 Å². The monoisotopic (exact) mass is 249 g/mol. The van der Waals surface area contributed by atoms with Gasteiger partial charge in [0.05, 0.1) is 23.4 Å². The Balaban J connectivity index is 2.20. The van der Waals surface area contributed by atoms with E-state index in [4.69, 9.17) is 0 Å². The highest BCUT2D eigenvalue weighted by Gasteiger charge is 2.32. The van der Waals surface area contributed by atoms with E-state index in [9.17, 15) is 9.90 Å². The second-order valence-corrected chi connectivity index (χ2v) is 4.79.